The molecule has 0 atom stereocenters. The van der Waals surface area contributed by atoms with E-state index in [9.17, 15) is 22.0 Å². The van der Waals surface area contributed by atoms with Gasteiger partial charge in [0.25, 0.3) is 0 Å². The zero-order valence-electron chi connectivity index (χ0n) is 18.3. The van der Waals surface area contributed by atoms with Crippen LogP contribution in [-0.4, -0.2) is 31.9 Å². The SMILES string of the molecule is Cc1ccc(NC(=O)C2(c3ccc4c(c3)OC(F)(F)O4)CC2)nc1-c1cccc(S(C)(=O)=O)c1. The molecule has 5 rings (SSSR count). The highest BCUT2D eigenvalue weighted by Gasteiger charge is 2.53. The number of ether oxygens (including phenoxy) is 2. The normalized spacial score (nSPS) is 17.3. The molecule has 0 unspecified atom stereocenters. The summed E-state index contributed by atoms with van der Waals surface area (Å²) in [5.41, 5.74) is 1.63. The van der Waals surface area contributed by atoms with Crippen molar-refractivity contribution in [3.8, 4) is 22.8 Å². The number of sulfone groups is 1. The van der Waals surface area contributed by atoms with Crippen molar-refractivity contribution in [2.75, 3.05) is 11.6 Å². The monoisotopic (exact) mass is 486 g/mol. The van der Waals surface area contributed by atoms with Crippen molar-refractivity contribution in [2.24, 2.45) is 0 Å². The fraction of sp³-hybridized carbons (Fsp3) is 0.250. The number of hydrogen-bond acceptors (Lipinski definition) is 6. The summed E-state index contributed by atoms with van der Waals surface area (Å²) in [6.45, 7) is 1.84. The van der Waals surface area contributed by atoms with E-state index in [1.807, 2.05) is 6.92 Å². The van der Waals surface area contributed by atoms with Gasteiger partial charge in [-0.05, 0) is 61.2 Å². The summed E-state index contributed by atoms with van der Waals surface area (Å²) in [4.78, 5) is 17.9. The van der Waals surface area contributed by atoms with Gasteiger partial charge in [0.15, 0.2) is 21.3 Å². The Morgan fingerprint density at radius 3 is 2.47 bits per heavy atom. The molecule has 10 heteroatoms. The van der Waals surface area contributed by atoms with Gasteiger partial charge in [0.2, 0.25) is 5.91 Å². The molecule has 0 bridgehead atoms. The highest BCUT2D eigenvalue weighted by molar-refractivity contribution is 7.90. The Hall–Kier alpha value is -3.53. The number of alkyl halides is 2. The van der Waals surface area contributed by atoms with E-state index in [1.54, 1.807) is 36.4 Å². The lowest BCUT2D eigenvalue weighted by atomic mass is 9.94. The average Bonchev–Trinajstić information content (AvgIpc) is 3.51. The van der Waals surface area contributed by atoms with Gasteiger partial charge < -0.3 is 14.8 Å². The number of pyridine rings is 1. The second-order valence-electron chi connectivity index (χ2n) is 8.53. The highest BCUT2D eigenvalue weighted by Crippen LogP contribution is 2.52. The van der Waals surface area contributed by atoms with Gasteiger partial charge in [-0.1, -0.05) is 24.3 Å². The van der Waals surface area contributed by atoms with Crippen LogP contribution in [0.5, 0.6) is 11.5 Å². The van der Waals surface area contributed by atoms with Crippen LogP contribution < -0.4 is 14.8 Å². The van der Waals surface area contributed by atoms with Crippen molar-refractivity contribution in [3.63, 3.8) is 0 Å². The standard InChI is InChI=1S/C24H20F2N2O5S/c1-14-6-9-20(27-21(14)15-4-3-5-17(12-15)34(2,30)31)28-22(29)23(10-11-23)16-7-8-18-19(13-16)33-24(25,26)32-18/h3-9,12-13H,10-11H2,1-2H3,(H,27,28,29). The first kappa shape index (κ1) is 22.3. The van der Waals surface area contributed by atoms with Crippen LogP contribution in [0.3, 0.4) is 0 Å². The van der Waals surface area contributed by atoms with Crippen LogP contribution in [0.15, 0.2) is 59.5 Å². The molecule has 1 aliphatic heterocycles. The number of hydrogen-bond donors (Lipinski definition) is 1. The zero-order valence-corrected chi connectivity index (χ0v) is 19.1. The van der Waals surface area contributed by atoms with Crippen LogP contribution >= 0.6 is 0 Å². The van der Waals surface area contributed by atoms with Gasteiger partial charge in [-0.2, -0.15) is 0 Å². The van der Waals surface area contributed by atoms with E-state index in [0.29, 0.717) is 35.5 Å². The van der Waals surface area contributed by atoms with Crippen LogP contribution in [0, 0.1) is 6.92 Å². The number of carbonyl (C=O) groups excluding carboxylic acids is 1. The van der Waals surface area contributed by atoms with E-state index >= 15 is 0 Å². The molecule has 0 spiro atoms. The maximum absolute atomic E-state index is 13.4. The van der Waals surface area contributed by atoms with Crippen LogP contribution in [-0.2, 0) is 20.0 Å². The Bertz CT molecular complexity index is 1440. The van der Waals surface area contributed by atoms with Crippen molar-refractivity contribution >= 4 is 21.6 Å². The van der Waals surface area contributed by atoms with E-state index in [0.717, 1.165) is 11.8 Å². The third-order valence-electron chi connectivity index (χ3n) is 6.01. The molecule has 1 N–H and O–H groups in total. The number of carbonyl (C=O) groups is 1. The third kappa shape index (κ3) is 3.98. The smallest absolute Gasteiger partial charge is 0.395 e. The van der Waals surface area contributed by atoms with E-state index in [-0.39, 0.29) is 22.3 Å². The molecule has 34 heavy (non-hydrogen) atoms. The summed E-state index contributed by atoms with van der Waals surface area (Å²) in [7, 11) is -3.39. The first-order valence-corrected chi connectivity index (χ1v) is 12.4. The molecule has 3 aromatic rings. The molecule has 1 fully saturated rings. The summed E-state index contributed by atoms with van der Waals surface area (Å²) >= 11 is 0. The van der Waals surface area contributed by atoms with Crippen molar-refractivity contribution in [2.45, 2.75) is 36.4 Å². The van der Waals surface area contributed by atoms with Crippen LogP contribution in [0.1, 0.15) is 24.0 Å². The van der Waals surface area contributed by atoms with Crippen LogP contribution in [0.4, 0.5) is 14.6 Å². The van der Waals surface area contributed by atoms with E-state index in [4.69, 9.17) is 0 Å². The molecule has 1 saturated carbocycles. The second-order valence-corrected chi connectivity index (χ2v) is 10.5. The topological polar surface area (TPSA) is 94.6 Å². The number of halogens is 2. The van der Waals surface area contributed by atoms with Crippen molar-refractivity contribution in [3.05, 3.63) is 65.7 Å². The minimum atomic E-state index is -3.73. The van der Waals surface area contributed by atoms with Gasteiger partial charge in [-0.25, -0.2) is 13.4 Å². The van der Waals surface area contributed by atoms with Gasteiger partial charge in [-0.15, -0.1) is 8.78 Å². The number of amides is 1. The van der Waals surface area contributed by atoms with Crippen molar-refractivity contribution < 1.29 is 31.5 Å². The fourth-order valence-corrected chi connectivity index (χ4v) is 4.69. The molecule has 2 heterocycles. The fourth-order valence-electron chi connectivity index (χ4n) is 4.02. The highest BCUT2D eigenvalue weighted by atomic mass is 32.2. The molecule has 176 valence electrons. The molecule has 1 amide bonds. The minimum absolute atomic E-state index is 0.0777. The van der Waals surface area contributed by atoms with E-state index in [1.165, 1.54) is 18.2 Å². The predicted molar refractivity (Wildman–Crippen MR) is 120 cm³/mol. The number of aromatic nitrogens is 1. The molecule has 0 radical (unpaired) electrons. The number of nitrogens with zero attached hydrogens (tertiary/aromatic N) is 1. The first-order valence-electron chi connectivity index (χ1n) is 10.5. The summed E-state index contributed by atoms with van der Waals surface area (Å²) < 4.78 is 59.6. The number of rotatable bonds is 5. The van der Waals surface area contributed by atoms with E-state index < -0.39 is 21.5 Å². The lowest BCUT2D eigenvalue weighted by Crippen LogP contribution is -2.28. The first-order chi connectivity index (χ1) is 16.0. The van der Waals surface area contributed by atoms with E-state index in [2.05, 4.69) is 19.8 Å². The molecule has 1 aromatic heterocycles. The number of anilines is 1. The van der Waals surface area contributed by atoms with Crippen LogP contribution in [0.25, 0.3) is 11.3 Å². The maximum Gasteiger partial charge on any atom is 0.586 e. The lowest BCUT2D eigenvalue weighted by molar-refractivity contribution is -0.286. The maximum atomic E-state index is 13.4. The molecular weight excluding hydrogens is 466 g/mol. The Labute approximate surface area is 194 Å². The summed E-state index contributed by atoms with van der Waals surface area (Å²) in [6.07, 6.45) is -1.50. The Balaban J connectivity index is 1.41. The van der Waals surface area contributed by atoms with Crippen LogP contribution in [0.2, 0.25) is 0 Å². The number of fused-ring (bicyclic) bond motifs is 1. The van der Waals surface area contributed by atoms with Crippen molar-refractivity contribution in [1.29, 1.82) is 0 Å². The molecular formula is C24H20F2N2O5S. The van der Waals surface area contributed by atoms with Gasteiger partial charge in [0.05, 0.1) is 16.0 Å². The molecule has 1 aliphatic carbocycles. The third-order valence-corrected chi connectivity index (χ3v) is 7.12. The van der Waals surface area contributed by atoms with Gasteiger partial charge in [0.1, 0.15) is 5.82 Å². The lowest BCUT2D eigenvalue weighted by Gasteiger charge is -2.17. The number of nitrogens with one attached hydrogen (secondary N) is 1. The molecule has 0 saturated heterocycles. The van der Waals surface area contributed by atoms with Gasteiger partial charge in [0, 0.05) is 11.8 Å². The molecule has 2 aromatic carbocycles. The zero-order chi connectivity index (χ0) is 24.3. The summed E-state index contributed by atoms with van der Waals surface area (Å²) in [6, 6.07) is 14.3. The van der Waals surface area contributed by atoms with Gasteiger partial charge >= 0.3 is 6.29 Å². The largest absolute Gasteiger partial charge is 0.586 e. The Morgan fingerprint density at radius 1 is 1.03 bits per heavy atom. The predicted octanol–water partition coefficient (Wildman–Crippen LogP) is 4.45. The summed E-state index contributed by atoms with van der Waals surface area (Å²) in [5, 5.41) is 2.82. The molecule has 7 nitrogen and oxygen atoms in total. The molecule has 2 aliphatic rings. The van der Waals surface area contributed by atoms with Gasteiger partial charge in [-0.3, -0.25) is 4.79 Å². The number of benzene rings is 2. The number of aryl methyl sites for hydroxylation is 1. The second kappa shape index (κ2) is 7.49. The Kier molecular flexibility index (Phi) is 4.91. The quantitative estimate of drug-likeness (QED) is 0.573. The summed E-state index contributed by atoms with van der Waals surface area (Å²) in [5.74, 6) is -0.201. The Morgan fingerprint density at radius 2 is 1.76 bits per heavy atom. The average molecular weight is 486 g/mol. The van der Waals surface area contributed by atoms with Crippen molar-refractivity contribution in [1.82, 2.24) is 4.98 Å². The minimum Gasteiger partial charge on any atom is -0.395 e.